The monoisotopic (exact) mass is 561 g/mol. The first-order valence-corrected chi connectivity index (χ1v) is 13.6. The fourth-order valence-corrected chi connectivity index (χ4v) is 5.00. The largest absolute Gasteiger partial charge is 0.489 e. The van der Waals surface area contributed by atoms with Gasteiger partial charge in [0.25, 0.3) is 0 Å². The number of carboxylic acid groups (broad SMARTS) is 2. The Balaban J connectivity index is 1.25. The molecule has 0 spiro atoms. The number of para-hydroxylation sites is 1. The number of furan rings is 1. The Labute approximate surface area is 240 Å². The van der Waals surface area contributed by atoms with E-state index in [-0.39, 0.29) is 23.7 Å². The molecule has 0 aliphatic carbocycles. The van der Waals surface area contributed by atoms with Crippen LogP contribution in [0.25, 0.3) is 44.5 Å². The van der Waals surface area contributed by atoms with Gasteiger partial charge in [0, 0.05) is 22.4 Å². The molecule has 0 radical (unpaired) electrons. The maximum Gasteiger partial charge on any atom is 0.336 e. The van der Waals surface area contributed by atoms with Crippen LogP contribution in [-0.2, 0) is 6.61 Å². The second-order valence-corrected chi connectivity index (χ2v) is 10.2. The highest BCUT2D eigenvalue weighted by molar-refractivity contribution is 5.95. The molecule has 4 aromatic carbocycles. The topological polar surface area (TPSA) is 123 Å². The summed E-state index contributed by atoms with van der Waals surface area (Å²) < 4.78 is 18.4. The van der Waals surface area contributed by atoms with Crippen LogP contribution in [0.15, 0.2) is 93.9 Å². The van der Waals surface area contributed by atoms with Gasteiger partial charge in [0.2, 0.25) is 5.89 Å². The summed E-state index contributed by atoms with van der Waals surface area (Å²) in [5, 5.41) is 21.5. The van der Waals surface area contributed by atoms with E-state index in [9.17, 15) is 14.7 Å². The molecular weight excluding hydrogens is 534 g/mol. The Morgan fingerprint density at radius 3 is 2.48 bits per heavy atom. The molecule has 1 unspecified atom stereocenters. The summed E-state index contributed by atoms with van der Waals surface area (Å²) in [6.45, 7) is 4.24. The van der Waals surface area contributed by atoms with E-state index >= 15 is 0 Å². The van der Waals surface area contributed by atoms with Gasteiger partial charge in [0.15, 0.2) is 5.76 Å². The van der Waals surface area contributed by atoms with Gasteiger partial charge in [-0.15, -0.1) is 0 Å². The van der Waals surface area contributed by atoms with E-state index in [4.69, 9.17) is 18.7 Å². The maximum absolute atomic E-state index is 11.7. The van der Waals surface area contributed by atoms with Crippen molar-refractivity contribution in [1.29, 1.82) is 0 Å². The van der Waals surface area contributed by atoms with Crippen LogP contribution < -0.4 is 4.74 Å². The van der Waals surface area contributed by atoms with E-state index in [1.165, 1.54) is 12.1 Å². The highest BCUT2D eigenvalue weighted by Gasteiger charge is 2.23. The predicted octanol–water partition coefficient (Wildman–Crippen LogP) is 8.40. The minimum atomic E-state index is -1.21. The molecule has 2 N–H and O–H groups in total. The fourth-order valence-electron chi connectivity index (χ4n) is 5.00. The first-order valence-electron chi connectivity index (χ1n) is 13.6. The highest BCUT2D eigenvalue weighted by Crippen LogP contribution is 2.40. The molecular formula is C34H27NO7. The maximum atomic E-state index is 11.7. The summed E-state index contributed by atoms with van der Waals surface area (Å²) in [5.74, 6) is 0.387. The van der Waals surface area contributed by atoms with Gasteiger partial charge in [-0.05, 0) is 53.6 Å². The first kappa shape index (κ1) is 26.8. The average molecular weight is 562 g/mol. The van der Waals surface area contributed by atoms with Crippen LogP contribution in [0.2, 0.25) is 0 Å². The minimum absolute atomic E-state index is 0.0205. The zero-order valence-electron chi connectivity index (χ0n) is 23.0. The van der Waals surface area contributed by atoms with Crippen LogP contribution in [0.1, 0.15) is 58.2 Å². The normalized spacial score (nSPS) is 12.0. The van der Waals surface area contributed by atoms with Crippen LogP contribution >= 0.6 is 0 Å². The lowest BCUT2D eigenvalue weighted by molar-refractivity contribution is 0.0693. The minimum Gasteiger partial charge on any atom is -0.489 e. The zero-order valence-corrected chi connectivity index (χ0v) is 23.0. The zero-order chi connectivity index (χ0) is 29.4. The summed E-state index contributed by atoms with van der Waals surface area (Å²) in [5.41, 5.74) is 2.75. The Kier molecular flexibility index (Phi) is 6.96. The van der Waals surface area contributed by atoms with Gasteiger partial charge in [-0.3, -0.25) is 0 Å². The second-order valence-electron chi connectivity index (χ2n) is 10.2. The molecule has 0 fully saturated rings. The Bertz CT molecular complexity index is 1970. The Morgan fingerprint density at radius 1 is 0.905 bits per heavy atom. The standard InChI is InChI=1S/C34H27NO7/c1-3-19(2)31-30(26-6-4-5-7-28(26)41-31)32-35-17-29(42-32)22-9-8-21-15-25(13-12-20(21)14-22)40-18-24-11-10-23(33(36)37)16-27(24)34(38)39/h4-17,19H,3,18H2,1-2H3,(H,36,37)(H,38,39). The van der Waals surface area contributed by atoms with Crippen LogP contribution in [-0.4, -0.2) is 27.1 Å². The van der Waals surface area contributed by atoms with Gasteiger partial charge in [0.1, 0.15) is 23.7 Å². The van der Waals surface area contributed by atoms with E-state index in [2.05, 4.69) is 18.8 Å². The molecule has 8 nitrogen and oxygen atoms in total. The number of hydrogen-bond donors (Lipinski definition) is 2. The number of carbonyl (C=O) groups is 2. The molecule has 0 saturated carbocycles. The summed E-state index contributed by atoms with van der Waals surface area (Å²) in [4.78, 5) is 27.5. The van der Waals surface area contributed by atoms with Crippen LogP contribution in [0.4, 0.5) is 0 Å². The van der Waals surface area contributed by atoms with E-state index < -0.39 is 11.9 Å². The van der Waals surface area contributed by atoms with E-state index in [0.29, 0.717) is 23.0 Å². The second kappa shape index (κ2) is 10.9. The Hall–Kier alpha value is -5.37. The molecule has 2 aromatic heterocycles. The number of rotatable bonds is 9. The van der Waals surface area contributed by atoms with Crippen molar-refractivity contribution in [3.05, 3.63) is 108 Å². The van der Waals surface area contributed by atoms with Crippen molar-refractivity contribution in [2.24, 2.45) is 0 Å². The van der Waals surface area contributed by atoms with Crippen molar-refractivity contribution in [3.8, 4) is 28.5 Å². The third-order valence-corrected chi connectivity index (χ3v) is 7.48. The van der Waals surface area contributed by atoms with Crippen molar-refractivity contribution < 1.29 is 33.4 Å². The van der Waals surface area contributed by atoms with Gasteiger partial charge < -0.3 is 23.8 Å². The van der Waals surface area contributed by atoms with E-state index in [1.807, 2.05) is 54.6 Å². The molecule has 0 aliphatic rings. The molecule has 0 amide bonds. The van der Waals surface area contributed by atoms with Crippen molar-refractivity contribution in [2.75, 3.05) is 0 Å². The summed E-state index contributed by atoms with van der Waals surface area (Å²) in [6, 6.07) is 23.4. The first-order chi connectivity index (χ1) is 20.3. The number of aromatic carboxylic acids is 2. The van der Waals surface area contributed by atoms with Gasteiger partial charge in [-0.2, -0.15) is 0 Å². The molecule has 0 aliphatic heterocycles. The summed E-state index contributed by atoms with van der Waals surface area (Å²) in [6.07, 6.45) is 2.65. The van der Waals surface area contributed by atoms with Crippen LogP contribution in [0.3, 0.4) is 0 Å². The van der Waals surface area contributed by atoms with Gasteiger partial charge in [-0.25, -0.2) is 14.6 Å². The number of fused-ring (bicyclic) bond motifs is 2. The SMILES string of the molecule is CCC(C)c1oc2ccccc2c1-c1ncc(-c2ccc3cc(OCc4ccc(C(=O)O)cc4C(=O)O)ccc3c2)o1. The number of ether oxygens (including phenoxy) is 1. The van der Waals surface area contributed by atoms with Gasteiger partial charge in [0.05, 0.1) is 22.9 Å². The highest BCUT2D eigenvalue weighted by atomic mass is 16.5. The van der Waals surface area contributed by atoms with Crippen molar-refractivity contribution in [3.63, 3.8) is 0 Å². The Morgan fingerprint density at radius 2 is 1.69 bits per heavy atom. The lowest BCUT2D eigenvalue weighted by Gasteiger charge is -2.11. The molecule has 0 saturated heterocycles. The molecule has 2 heterocycles. The molecule has 210 valence electrons. The van der Waals surface area contributed by atoms with Gasteiger partial charge >= 0.3 is 11.9 Å². The molecule has 1 atom stereocenters. The fraction of sp³-hybridized carbons (Fsp3) is 0.147. The summed E-state index contributed by atoms with van der Waals surface area (Å²) >= 11 is 0. The van der Waals surface area contributed by atoms with Gasteiger partial charge in [-0.1, -0.05) is 56.3 Å². The third kappa shape index (κ3) is 4.99. The number of aromatic nitrogens is 1. The third-order valence-electron chi connectivity index (χ3n) is 7.48. The molecule has 42 heavy (non-hydrogen) atoms. The van der Waals surface area contributed by atoms with E-state index in [0.717, 1.165) is 51.1 Å². The lowest BCUT2D eigenvalue weighted by Crippen LogP contribution is -2.08. The van der Waals surface area contributed by atoms with Crippen molar-refractivity contribution in [2.45, 2.75) is 32.8 Å². The van der Waals surface area contributed by atoms with Crippen molar-refractivity contribution >= 4 is 33.7 Å². The molecule has 6 rings (SSSR count). The average Bonchev–Trinajstić information content (AvgIpc) is 3.64. The quantitative estimate of drug-likeness (QED) is 0.180. The summed E-state index contributed by atoms with van der Waals surface area (Å²) in [7, 11) is 0. The lowest BCUT2D eigenvalue weighted by atomic mass is 10.0. The number of benzene rings is 4. The predicted molar refractivity (Wildman–Crippen MR) is 158 cm³/mol. The smallest absolute Gasteiger partial charge is 0.336 e. The number of hydrogen-bond acceptors (Lipinski definition) is 6. The number of carboxylic acids is 2. The number of oxazole rings is 1. The molecule has 0 bridgehead atoms. The van der Waals surface area contributed by atoms with Crippen LogP contribution in [0, 0.1) is 0 Å². The number of nitrogens with zero attached hydrogens (tertiary/aromatic N) is 1. The van der Waals surface area contributed by atoms with E-state index in [1.54, 1.807) is 12.3 Å². The van der Waals surface area contributed by atoms with Crippen LogP contribution in [0.5, 0.6) is 5.75 Å². The molecule has 6 aromatic rings. The van der Waals surface area contributed by atoms with Crippen molar-refractivity contribution in [1.82, 2.24) is 4.98 Å². The molecule has 8 heteroatoms.